The standard InChI is InChI=1S/C12H27NO2/c1-6-10(4)12(14)7-13-11(8-15-5)9(2)3/h9-14H,6-8H2,1-5H3. The largest absolute Gasteiger partial charge is 0.392 e. The van der Waals surface area contributed by atoms with Gasteiger partial charge in [-0.15, -0.1) is 0 Å². The molecule has 0 aromatic heterocycles. The smallest absolute Gasteiger partial charge is 0.0690 e. The number of hydrogen-bond donors (Lipinski definition) is 2. The van der Waals surface area contributed by atoms with E-state index in [2.05, 4.69) is 33.0 Å². The van der Waals surface area contributed by atoms with E-state index in [-0.39, 0.29) is 6.10 Å². The quantitative estimate of drug-likeness (QED) is 0.649. The van der Waals surface area contributed by atoms with E-state index in [4.69, 9.17) is 4.74 Å². The molecule has 3 heteroatoms. The third-order valence-electron chi connectivity index (χ3n) is 3.04. The van der Waals surface area contributed by atoms with Crippen molar-refractivity contribution in [2.75, 3.05) is 20.3 Å². The number of hydrogen-bond acceptors (Lipinski definition) is 3. The van der Waals surface area contributed by atoms with Crippen LogP contribution in [0.4, 0.5) is 0 Å². The lowest BCUT2D eigenvalue weighted by Gasteiger charge is -2.25. The van der Waals surface area contributed by atoms with Crippen LogP contribution < -0.4 is 5.32 Å². The molecular formula is C12H27NO2. The van der Waals surface area contributed by atoms with E-state index < -0.39 is 0 Å². The minimum absolute atomic E-state index is 0.256. The highest BCUT2D eigenvalue weighted by Gasteiger charge is 2.16. The Morgan fingerprint density at radius 1 is 1.27 bits per heavy atom. The molecule has 0 fully saturated rings. The highest BCUT2D eigenvalue weighted by molar-refractivity contribution is 4.74. The van der Waals surface area contributed by atoms with Crippen molar-refractivity contribution in [1.82, 2.24) is 5.32 Å². The van der Waals surface area contributed by atoms with Gasteiger partial charge in [0.1, 0.15) is 0 Å². The van der Waals surface area contributed by atoms with Gasteiger partial charge in [0, 0.05) is 19.7 Å². The highest BCUT2D eigenvalue weighted by Crippen LogP contribution is 2.08. The van der Waals surface area contributed by atoms with E-state index in [0.717, 1.165) is 6.42 Å². The fourth-order valence-corrected chi connectivity index (χ4v) is 1.41. The molecule has 0 aliphatic rings. The molecule has 0 heterocycles. The predicted molar refractivity (Wildman–Crippen MR) is 64.0 cm³/mol. The maximum atomic E-state index is 9.81. The first kappa shape index (κ1) is 14.9. The van der Waals surface area contributed by atoms with Crippen molar-refractivity contribution in [2.24, 2.45) is 11.8 Å². The molecule has 0 spiro atoms. The Kier molecular flexibility index (Phi) is 8.02. The zero-order chi connectivity index (χ0) is 11.8. The Bertz CT molecular complexity index is 151. The molecule has 92 valence electrons. The maximum absolute atomic E-state index is 9.81. The van der Waals surface area contributed by atoms with E-state index in [1.54, 1.807) is 7.11 Å². The minimum Gasteiger partial charge on any atom is -0.392 e. The molecule has 0 amide bonds. The van der Waals surface area contributed by atoms with Crippen molar-refractivity contribution in [2.45, 2.75) is 46.3 Å². The van der Waals surface area contributed by atoms with Gasteiger partial charge in [0.2, 0.25) is 0 Å². The molecule has 2 N–H and O–H groups in total. The maximum Gasteiger partial charge on any atom is 0.0690 e. The summed E-state index contributed by atoms with van der Waals surface area (Å²) in [6.45, 7) is 9.85. The SMILES string of the molecule is CCC(C)C(O)CNC(COC)C(C)C. The molecule has 0 radical (unpaired) electrons. The molecule has 0 saturated heterocycles. The number of rotatable bonds is 8. The molecule has 0 bridgehead atoms. The second-order valence-electron chi connectivity index (χ2n) is 4.67. The Hall–Kier alpha value is -0.120. The van der Waals surface area contributed by atoms with Gasteiger partial charge in [0.15, 0.2) is 0 Å². The third-order valence-corrected chi connectivity index (χ3v) is 3.04. The molecule has 0 aromatic rings. The van der Waals surface area contributed by atoms with Gasteiger partial charge >= 0.3 is 0 Å². The van der Waals surface area contributed by atoms with Gasteiger partial charge in [-0.05, 0) is 11.8 Å². The van der Waals surface area contributed by atoms with Gasteiger partial charge in [-0.1, -0.05) is 34.1 Å². The molecule has 3 unspecified atom stereocenters. The molecule has 0 rings (SSSR count). The first-order valence-corrected chi connectivity index (χ1v) is 5.93. The zero-order valence-corrected chi connectivity index (χ0v) is 10.8. The second kappa shape index (κ2) is 8.08. The van der Waals surface area contributed by atoms with Crippen LogP contribution in [-0.2, 0) is 4.74 Å². The molecule has 0 saturated carbocycles. The van der Waals surface area contributed by atoms with Crippen LogP contribution >= 0.6 is 0 Å². The van der Waals surface area contributed by atoms with Crippen LogP contribution in [0.15, 0.2) is 0 Å². The monoisotopic (exact) mass is 217 g/mol. The first-order chi connectivity index (χ1) is 7.02. The second-order valence-corrected chi connectivity index (χ2v) is 4.67. The van der Waals surface area contributed by atoms with Gasteiger partial charge in [-0.2, -0.15) is 0 Å². The van der Waals surface area contributed by atoms with E-state index in [1.807, 2.05) is 0 Å². The lowest BCUT2D eigenvalue weighted by atomic mass is 10.0. The van der Waals surface area contributed by atoms with Crippen LogP contribution in [0.25, 0.3) is 0 Å². The Morgan fingerprint density at radius 2 is 1.87 bits per heavy atom. The van der Waals surface area contributed by atoms with E-state index in [9.17, 15) is 5.11 Å². The van der Waals surface area contributed by atoms with Gasteiger partial charge < -0.3 is 15.2 Å². The lowest BCUT2D eigenvalue weighted by Crippen LogP contribution is -2.43. The zero-order valence-electron chi connectivity index (χ0n) is 10.8. The lowest BCUT2D eigenvalue weighted by molar-refractivity contribution is 0.0928. The summed E-state index contributed by atoms with van der Waals surface area (Å²) in [6, 6.07) is 0.328. The molecule has 3 atom stereocenters. The summed E-state index contributed by atoms with van der Waals surface area (Å²) in [5.74, 6) is 0.877. The van der Waals surface area contributed by atoms with Crippen molar-refractivity contribution in [1.29, 1.82) is 0 Å². The molecule has 0 aliphatic carbocycles. The average Bonchev–Trinajstić information content (AvgIpc) is 2.21. The van der Waals surface area contributed by atoms with Crippen molar-refractivity contribution in [3.05, 3.63) is 0 Å². The fraction of sp³-hybridized carbons (Fsp3) is 1.00. The van der Waals surface area contributed by atoms with Crippen molar-refractivity contribution >= 4 is 0 Å². The molecule has 3 nitrogen and oxygen atoms in total. The summed E-state index contributed by atoms with van der Waals surface area (Å²) in [4.78, 5) is 0. The first-order valence-electron chi connectivity index (χ1n) is 5.93. The molecule has 15 heavy (non-hydrogen) atoms. The minimum atomic E-state index is -0.256. The van der Waals surface area contributed by atoms with Crippen molar-refractivity contribution in [3.8, 4) is 0 Å². The molecular weight excluding hydrogens is 190 g/mol. The summed E-state index contributed by atoms with van der Waals surface area (Å²) in [5.41, 5.74) is 0. The van der Waals surface area contributed by atoms with Crippen molar-refractivity contribution < 1.29 is 9.84 Å². The van der Waals surface area contributed by atoms with Gasteiger partial charge in [0.25, 0.3) is 0 Å². The average molecular weight is 217 g/mol. The predicted octanol–water partition coefficient (Wildman–Crippen LogP) is 1.65. The number of nitrogens with one attached hydrogen (secondary N) is 1. The van der Waals surface area contributed by atoms with Crippen LogP contribution in [0.2, 0.25) is 0 Å². The number of ether oxygens (including phenoxy) is 1. The Labute approximate surface area is 94.2 Å². The Balaban J connectivity index is 3.87. The van der Waals surface area contributed by atoms with E-state index in [1.165, 1.54) is 0 Å². The number of aliphatic hydroxyl groups excluding tert-OH is 1. The summed E-state index contributed by atoms with van der Waals surface area (Å²) < 4.78 is 5.14. The van der Waals surface area contributed by atoms with Crippen molar-refractivity contribution in [3.63, 3.8) is 0 Å². The third kappa shape index (κ3) is 6.13. The Morgan fingerprint density at radius 3 is 2.27 bits per heavy atom. The topological polar surface area (TPSA) is 41.5 Å². The van der Waals surface area contributed by atoms with E-state index in [0.29, 0.717) is 31.0 Å². The summed E-state index contributed by atoms with van der Waals surface area (Å²) >= 11 is 0. The van der Waals surface area contributed by atoms with E-state index >= 15 is 0 Å². The summed E-state index contributed by atoms with van der Waals surface area (Å²) in [6.07, 6.45) is 0.757. The normalized spacial score (nSPS) is 17.8. The molecule has 0 aliphatic heterocycles. The molecule has 0 aromatic carbocycles. The van der Waals surface area contributed by atoms with Crippen LogP contribution in [0.1, 0.15) is 34.1 Å². The fourth-order valence-electron chi connectivity index (χ4n) is 1.41. The number of methoxy groups -OCH3 is 1. The van der Waals surface area contributed by atoms with Gasteiger partial charge in [-0.25, -0.2) is 0 Å². The van der Waals surface area contributed by atoms with Crippen LogP contribution in [-0.4, -0.2) is 37.5 Å². The van der Waals surface area contributed by atoms with Gasteiger partial charge in [-0.3, -0.25) is 0 Å². The number of aliphatic hydroxyl groups is 1. The van der Waals surface area contributed by atoms with Crippen LogP contribution in [0.3, 0.4) is 0 Å². The van der Waals surface area contributed by atoms with Crippen LogP contribution in [0, 0.1) is 11.8 Å². The van der Waals surface area contributed by atoms with Gasteiger partial charge in [0.05, 0.1) is 12.7 Å². The summed E-state index contributed by atoms with van der Waals surface area (Å²) in [7, 11) is 1.71. The summed E-state index contributed by atoms with van der Waals surface area (Å²) in [5, 5.41) is 13.2. The highest BCUT2D eigenvalue weighted by atomic mass is 16.5. The van der Waals surface area contributed by atoms with Crippen LogP contribution in [0.5, 0.6) is 0 Å².